The van der Waals surface area contributed by atoms with Crippen LogP contribution in [0.15, 0.2) is 47.6 Å². The second kappa shape index (κ2) is 15.7. The summed E-state index contributed by atoms with van der Waals surface area (Å²) in [7, 11) is 0. The van der Waals surface area contributed by atoms with Crippen molar-refractivity contribution < 1.29 is 19.1 Å². The first-order valence-corrected chi connectivity index (χ1v) is 18.2. The number of allylic oxidation sites excluding steroid dienone is 6. The van der Waals surface area contributed by atoms with Gasteiger partial charge in [0.25, 0.3) is 0 Å². The molecule has 0 bridgehead atoms. The molecule has 0 N–H and O–H groups in total. The van der Waals surface area contributed by atoms with Gasteiger partial charge in [-0.3, -0.25) is 9.59 Å². The van der Waals surface area contributed by atoms with Gasteiger partial charge in [-0.2, -0.15) is 0 Å². The molecule has 0 aromatic heterocycles. The van der Waals surface area contributed by atoms with Crippen LogP contribution < -0.4 is 0 Å². The topological polar surface area (TPSA) is 52.6 Å². The largest absolute Gasteiger partial charge is 0.461 e. The lowest BCUT2D eigenvalue weighted by Gasteiger charge is -2.45. The first-order valence-electron chi connectivity index (χ1n) is 18.2. The number of carbonyl (C=O) groups is 2. The second-order valence-corrected chi connectivity index (χ2v) is 16.4. The minimum absolute atomic E-state index is 0.00119. The zero-order valence-corrected chi connectivity index (χ0v) is 30.9. The van der Waals surface area contributed by atoms with Gasteiger partial charge in [0, 0.05) is 11.8 Å². The van der Waals surface area contributed by atoms with E-state index in [1.807, 2.05) is 27.7 Å². The van der Waals surface area contributed by atoms with Gasteiger partial charge in [-0.25, -0.2) is 0 Å². The van der Waals surface area contributed by atoms with E-state index in [4.69, 9.17) is 9.47 Å². The SMILES string of the molecule is CCC(C)(C)C(=O)OC1C[C@@H](C)C=C2C=C[C@@H](C)[C@H](C(C)C)C21.CC[C@H](C)C(=O)OC1C[C@@H](C)C=C2C=C[C@@H](C)[C@H](C(C)C)C21. The quantitative estimate of drug-likeness (QED) is 0.253. The van der Waals surface area contributed by atoms with E-state index >= 15 is 0 Å². The van der Waals surface area contributed by atoms with Crippen molar-refractivity contribution in [2.75, 3.05) is 0 Å². The van der Waals surface area contributed by atoms with Gasteiger partial charge in [-0.15, -0.1) is 0 Å². The third kappa shape index (κ3) is 8.83. The van der Waals surface area contributed by atoms with Crippen LogP contribution in [-0.4, -0.2) is 24.1 Å². The first-order chi connectivity index (χ1) is 21.0. The van der Waals surface area contributed by atoms with Crippen molar-refractivity contribution in [1.82, 2.24) is 0 Å². The van der Waals surface area contributed by atoms with E-state index in [1.165, 1.54) is 11.1 Å². The minimum atomic E-state index is -0.395. The maximum atomic E-state index is 12.6. The molecule has 0 radical (unpaired) electrons. The van der Waals surface area contributed by atoms with Crippen molar-refractivity contribution in [2.45, 2.75) is 128 Å². The average molecular weight is 623 g/mol. The Morgan fingerprint density at radius 3 is 1.56 bits per heavy atom. The van der Waals surface area contributed by atoms with E-state index in [1.54, 1.807) is 0 Å². The molecule has 11 atom stereocenters. The van der Waals surface area contributed by atoms with Crippen molar-refractivity contribution in [1.29, 1.82) is 0 Å². The number of carbonyl (C=O) groups excluding carboxylic acids is 2. The number of rotatable bonds is 8. The maximum Gasteiger partial charge on any atom is 0.311 e. The molecule has 4 unspecified atom stereocenters. The van der Waals surface area contributed by atoms with Gasteiger partial charge in [0.05, 0.1) is 11.3 Å². The summed E-state index contributed by atoms with van der Waals surface area (Å²) in [6, 6.07) is 0. The Morgan fingerprint density at radius 2 is 1.18 bits per heavy atom. The molecular formula is C41H66O4. The van der Waals surface area contributed by atoms with Crippen molar-refractivity contribution in [3.8, 4) is 0 Å². The summed E-state index contributed by atoms with van der Waals surface area (Å²) in [5.74, 6) is 4.94. The van der Waals surface area contributed by atoms with Gasteiger partial charge in [0.2, 0.25) is 0 Å². The fraction of sp³-hybridized carbons (Fsp3) is 0.756. The highest BCUT2D eigenvalue weighted by Crippen LogP contribution is 2.47. The summed E-state index contributed by atoms with van der Waals surface area (Å²) in [5.41, 5.74) is 2.37. The smallest absolute Gasteiger partial charge is 0.311 e. The molecule has 0 aromatic rings. The summed E-state index contributed by atoms with van der Waals surface area (Å²) >= 11 is 0. The average Bonchev–Trinajstić information content (AvgIpc) is 2.96. The van der Waals surface area contributed by atoms with E-state index in [0.717, 1.165) is 25.7 Å². The highest BCUT2D eigenvalue weighted by atomic mass is 16.5. The molecule has 0 saturated carbocycles. The fourth-order valence-corrected chi connectivity index (χ4v) is 8.34. The molecule has 0 aliphatic heterocycles. The highest BCUT2D eigenvalue weighted by Gasteiger charge is 2.44. The maximum absolute atomic E-state index is 12.6. The monoisotopic (exact) mass is 622 g/mol. The van der Waals surface area contributed by atoms with Crippen LogP contribution >= 0.6 is 0 Å². The van der Waals surface area contributed by atoms with E-state index in [0.29, 0.717) is 59.2 Å². The molecule has 45 heavy (non-hydrogen) atoms. The van der Waals surface area contributed by atoms with Crippen LogP contribution in [0.25, 0.3) is 0 Å². The Morgan fingerprint density at radius 1 is 0.756 bits per heavy atom. The van der Waals surface area contributed by atoms with Crippen molar-refractivity contribution in [3.05, 3.63) is 47.6 Å². The van der Waals surface area contributed by atoms with Crippen LogP contribution in [0.3, 0.4) is 0 Å². The molecule has 0 spiro atoms. The summed E-state index contributed by atoms with van der Waals surface area (Å²) in [4.78, 5) is 25.0. The second-order valence-electron chi connectivity index (χ2n) is 16.4. The molecule has 4 nitrogen and oxygen atoms in total. The van der Waals surface area contributed by atoms with Crippen LogP contribution in [0, 0.1) is 70.5 Å². The van der Waals surface area contributed by atoms with E-state index in [9.17, 15) is 9.59 Å². The molecular weight excluding hydrogens is 556 g/mol. The zero-order chi connectivity index (χ0) is 33.8. The van der Waals surface area contributed by atoms with E-state index in [-0.39, 0.29) is 30.1 Å². The minimum Gasteiger partial charge on any atom is -0.461 e. The van der Waals surface area contributed by atoms with Crippen molar-refractivity contribution in [3.63, 3.8) is 0 Å². The van der Waals surface area contributed by atoms with Gasteiger partial charge in [0.15, 0.2) is 0 Å². The summed E-state index contributed by atoms with van der Waals surface area (Å²) in [6.07, 6.45) is 17.6. The zero-order valence-electron chi connectivity index (χ0n) is 30.9. The van der Waals surface area contributed by atoms with E-state index in [2.05, 4.69) is 98.8 Å². The fourth-order valence-electron chi connectivity index (χ4n) is 8.34. The number of fused-ring (bicyclic) bond motifs is 2. The van der Waals surface area contributed by atoms with Gasteiger partial charge in [-0.1, -0.05) is 113 Å². The Balaban J connectivity index is 0.000000246. The molecule has 0 fully saturated rings. The van der Waals surface area contributed by atoms with Crippen molar-refractivity contribution in [2.24, 2.45) is 70.5 Å². The normalized spacial score (nSPS) is 34.9. The molecule has 4 rings (SSSR count). The number of ether oxygens (including phenoxy) is 2. The van der Waals surface area contributed by atoms with Gasteiger partial charge in [-0.05, 0) is 98.0 Å². The number of hydrogen-bond donors (Lipinski definition) is 0. The Kier molecular flexibility index (Phi) is 13.0. The molecule has 4 aliphatic rings. The van der Waals surface area contributed by atoms with Crippen LogP contribution in [0.2, 0.25) is 0 Å². The standard InChI is InChI=1S/C21H34O2.C20H32O2/c1-8-21(6,7)20(22)23-17-12-14(4)11-16-10-9-15(5)18(13(2)3)19(16)17;1-7-14(5)20(21)22-17-11-13(4)10-16-9-8-15(6)18(12(2)3)19(16)17/h9-11,13-15,17-19H,8,12H2,1-7H3;8-10,12-15,17-19H,7,11H2,1-6H3/t14-,15+,17?,18-,19?;13-,14-,15+,17?,18-,19?/m00/s1. The van der Waals surface area contributed by atoms with Crippen LogP contribution in [0.5, 0.6) is 0 Å². The summed E-state index contributed by atoms with van der Waals surface area (Å²) < 4.78 is 12.1. The van der Waals surface area contributed by atoms with Gasteiger partial charge in [0.1, 0.15) is 12.2 Å². The predicted octanol–water partition coefficient (Wildman–Crippen LogP) is 10.4. The Labute approximate surface area is 276 Å². The van der Waals surface area contributed by atoms with Gasteiger partial charge < -0.3 is 9.47 Å². The third-order valence-corrected chi connectivity index (χ3v) is 11.5. The highest BCUT2D eigenvalue weighted by molar-refractivity contribution is 5.76. The number of esters is 2. The molecule has 0 saturated heterocycles. The first kappa shape index (κ1) is 37.4. The third-order valence-electron chi connectivity index (χ3n) is 11.5. The number of hydrogen-bond acceptors (Lipinski definition) is 4. The lowest BCUT2D eigenvalue weighted by Crippen LogP contribution is -2.44. The molecule has 4 heteroatoms. The van der Waals surface area contributed by atoms with Crippen LogP contribution in [-0.2, 0) is 19.1 Å². The lowest BCUT2D eigenvalue weighted by molar-refractivity contribution is -0.165. The molecule has 0 aromatic carbocycles. The van der Waals surface area contributed by atoms with Crippen LogP contribution in [0.1, 0.15) is 116 Å². The van der Waals surface area contributed by atoms with Gasteiger partial charge >= 0.3 is 11.9 Å². The Bertz CT molecular complexity index is 1140. The predicted molar refractivity (Wildman–Crippen MR) is 187 cm³/mol. The molecule has 0 amide bonds. The summed E-state index contributed by atoms with van der Waals surface area (Å²) in [6.45, 7) is 28.3. The van der Waals surface area contributed by atoms with E-state index < -0.39 is 5.41 Å². The summed E-state index contributed by atoms with van der Waals surface area (Å²) in [5, 5.41) is 0. The molecule has 4 aliphatic carbocycles. The molecule has 0 heterocycles. The molecule has 254 valence electrons. The lowest BCUT2D eigenvalue weighted by atomic mass is 9.63. The Hall–Kier alpha value is -2.10. The van der Waals surface area contributed by atoms with Crippen LogP contribution in [0.4, 0.5) is 0 Å². The van der Waals surface area contributed by atoms with Crippen molar-refractivity contribution >= 4 is 11.9 Å².